The molecular weight excluding hydrogens is 336 g/mol. The third-order valence-electron chi connectivity index (χ3n) is 4.90. The van der Waals surface area contributed by atoms with Crippen LogP contribution in [0.25, 0.3) is 0 Å². The highest BCUT2D eigenvalue weighted by Crippen LogP contribution is 2.22. The second kappa shape index (κ2) is 9.17. The smallest absolute Gasteiger partial charge is 0.223 e. The summed E-state index contributed by atoms with van der Waals surface area (Å²) in [7, 11) is 0. The van der Waals surface area contributed by atoms with Crippen LogP contribution in [0.4, 0.5) is 0 Å². The third-order valence-corrected chi connectivity index (χ3v) is 4.90. The van der Waals surface area contributed by atoms with Gasteiger partial charge in [0.15, 0.2) is 0 Å². The molecule has 27 heavy (non-hydrogen) atoms. The van der Waals surface area contributed by atoms with Crippen molar-refractivity contribution in [1.29, 1.82) is 0 Å². The lowest BCUT2D eigenvalue weighted by atomic mass is 9.98. The first-order chi connectivity index (χ1) is 13.1. The molecule has 3 atom stereocenters. The number of benzene rings is 2. The Kier molecular flexibility index (Phi) is 6.42. The average Bonchev–Trinajstić information content (AvgIpc) is 2.69. The molecular formula is C23H26N2O2. The number of carbonyl (C=O) groups excluding carboxylic acids is 2. The first kappa shape index (κ1) is 18.9. The standard InChI is InChI=1S/C23H26N2O2/c1-17-16-22(26)24-20(18-10-4-2-5-11-18)14-8-9-15-21(25-23(17)27)19-12-6-3-7-13-19/h2-13,17,20-21H,14-16H2,1H3,(H,24,26)(H,25,27)/b9-8-/t17-,20-,21-/m0/s1. The average molecular weight is 362 g/mol. The predicted octanol–water partition coefficient (Wildman–Crippen LogP) is 4.08. The van der Waals surface area contributed by atoms with E-state index in [1.165, 1.54) is 0 Å². The van der Waals surface area contributed by atoms with E-state index >= 15 is 0 Å². The van der Waals surface area contributed by atoms with Crippen molar-refractivity contribution in [2.45, 2.75) is 38.3 Å². The topological polar surface area (TPSA) is 58.2 Å². The monoisotopic (exact) mass is 362 g/mol. The van der Waals surface area contributed by atoms with Crippen LogP contribution in [0.3, 0.4) is 0 Å². The molecule has 2 aromatic carbocycles. The van der Waals surface area contributed by atoms with Crippen molar-refractivity contribution >= 4 is 11.8 Å². The number of hydrogen-bond donors (Lipinski definition) is 2. The molecule has 1 heterocycles. The Morgan fingerprint density at radius 2 is 1.22 bits per heavy atom. The van der Waals surface area contributed by atoms with Gasteiger partial charge in [0.2, 0.25) is 11.8 Å². The molecule has 1 aliphatic rings. The molecule has 4 heteroatoms. The number of amides is 2. The highest BCUT2D eigenvalue weighted by Gasteiger charge is 2.23. The summed E-state index contributed by atoms with van der Waals surface area (Å²) >= 11 is 0. The van der Waals surface area contributed by atoms with Crippen LogP contribution in [-0.4, -0.2) is 11.8 Å². The summed E-state index contributed by atoms with van der Waals surface area (Å²) in [4.78, 5) is 25.1. The van der Waals surface area contributed by atoms with Gasteiger partial charge in [-0.05, 0) is 24.0 Å². The van der Waals surface area contributed by atoms with Gasteiger partial charge in [-0.1, -0.05) is 79.7 Å². The van der Waals surface area contributed by atoms with E-state index in [2.05, 4.69) is 22.8 Å². The fourth-order valence-electron chi connectivity index (χ4n) is 3.33. The molecule has 0 fully saturated rings. The van der Waals surface area contributed by atoms with Crippen LogP contribution in [-0.2, 0) is 9.59 Å². The molecule has 1 aliphatic heterocycles. The molecule has 4 nitrogen and oxygen atoms in total. The molecule has 0 radical (unpaired) electrons. The molecule has 2 amide bonds. The highest BCUT2D eigenvalue weighted by atomic mass is 16.2. The van der Waals surface area contributed by atoms with E-state index in [0.29, 0.717) is 0 Å². The summed E-state index contributed by atoms with van der Waals surface area (Å²) < 4.78 is 0. The maximum absolute atomic E-state index is 12.6. The molecule has 2 aromatic rings. The van der Waals surface area contributed by atoms with E-state index in [4.69, 9.17) is 0 Å². The molecule has 0 saturated heterocycles. The first-order valence-electron chi connectivity index (χ1n) is 9.48. The highest BCUT2D eigenvalue weighted by molar-refractivity contribution is 5.86. The number of hydrogen-bond acceptors (Lipinski definition) is 2. The first-order valence-corrected chi connectivity index (χ1v) is 9.48. The van der Waals surface area contributed by atoms with E-state index in [0.717, 1.165) is 24.0 Å². The Labute approximate surface area is 160 Å². The fourth-order valence-corrected chi connectivity index (χ4v) is 3.33. The van der Waals surface area contributed by atoms with Crippen molar-refractivity contribution in [3.63, 3.8) is 0 Å². The zero-order chi connectivity index (χ0) is 19.1. The predicted molar refractivity (Wildman–Crippen MR) is 107 cm³/mol. The summed E-state index contributed by atoms with van der Waals surface area (Å²) in [5, 5.41) is 6.17. The van der Waals surface area contributed by atoms with Crippen LogP contribution in [0.2, 0.25) is 0 Å². The normalized spacial score (nSPS) is 25.4. The Morgan fingerprint density at radius 3 is 1.74 bits per heavy atom. The van der Waals surface area contributed by atoms with E-state index in [9.17, 15) is 9.59 Å². The van der Waals surface area contributed by atoms with Crippen molar-refractivity contribution in [2.24, 2.45) is 5.92 Å². The van der Waals surface area contributed by atoms with Crippen molar-refractivity contribution < 1.29 is 9.59 Å². The quantitative estimate of drug-likeness (QED) is 0.791. The Hall–Kier alpha value is -2.88. The van der Waals surface area contributed by atoms with Crippen molar-refractivity contribution in [2.75, 3.05) is 0 Å². The van der Waals surface area contributed by atoms with Gasteiger partial charge in [-0.15, -0.1) is 0 Å². The van der Waals surface area contributed by atoms with Crippen LogP contribution < -0.4 is 10.6 Å². The van der Waals surface area contributed by atoms with Crippen LogP contribution in [0.1, 0.15) is 49.4 Å². The van der Waals surface area contributed by atoms with Crippen molar-refractivity contribution in [3.05, 3.63) is 83.9 Å². The summed E-state index contributed by atoms with van der Waals surface area (Å²) in [5.41, 5.74) is 2.15. The summed E-state index contributed by atoms with van der Waals surface area (Å²) in [6.45, 7) is 1.80. The minimum atomic E-state index is -0.379. The Bertz CT molecular complexity index is 787. The lowest BCUT2D eigenvalue weighted by Gasteiger charge is -2.23. The molecule has 140 valence electrons. The van der Waals surface area contributed by atoms with E-state index < -0.39 is 0 Å². The summed E-state index contributed by atoms with van der Waals surface area (Å²) in [5.74, 6) is -0.572. The van der Waals surface area contributed by atoms with Gasteiger partial charge in [-0.25, -0.2) is 0 Å². The summed E-state index contributed by atoms with van der Waals surface area (Å²) in [6, 6.07) is 19.8. The minimum absolute atomic E-state index is 0.0835. The lowest BCUT2D eigenvalue weighted by Crippen LogP contribution is -2.37. The summed E-state index contributed by atoms with van der Waals surface area (Å²) in [6.07, 6.45) is 5.80. The van der Waals surface area contributed by atoms with E-state index in [-0.39, 0.29) is 36.2 Å². The molecule has 0 saturated carbocycles. The Morgan fingerprint density at radius 1 is 0.741 bits per heavy atom. The molecule has 0 spiro atoms. The number of rotatable bonds is 2. The Balaban J connectivity index is 1.83. The van der Waals surface area contributed by atoms with Gasteiger partial charge < -0.3 is 10.6 Å². The van der Waals surface area contributed by atoms with Crippen LogP contribution in [0, 0.1) is 5.92 Å². The maximum atomic E-state index is 12.6. The lowest BCUT2D eigenvalue weighted by molar-refractivity contribution is -0.130. The number of carbonyl (C=O) groups is 2. The van der Waals surface area contributed by atoms with Gasteiger partial charge in [0.25, 0.3) is 0 Å². The molecule has 0 aliphatic carbocycles. The second-order valence-corrected chi connectivity index (χ2v) is 7.05. The van der Waals surface area contributed by atoms with Crippen LogP contribution in [0.15, 0.2) is 72.8 Å². The van der Waals surface area contributed by atoms with Crippen molar-refractivity contribution in [3.8, 4) is 0 Å². The van der Waals surface area contributed by atoms with Gasteiger partial charge in [-0.3, -0.25) is 9.59 Å². The zero-order valence-electron chi connectivity index (χ0n) is 15.6. The SMILES string of the molecule is C[C@H]1CC(=O)N[C@H](c2ccccc2)C/C=C\C[C@@H](c2ccccc2)NC1=O. The van der Waals surface area contributed by atoms with E-state index in [1.54, 1.807) is 6.92 Å². The maximum Gasteiger partial charge on any atom is 0.223 e. The van der Waals surface area contributed by atoms with Crippen LogP contribution in [0.5, 0.6) is 0 Å². The number of nitrogens with one attached hydrogen (secondary N) is 2. The van der Waals surface area contributed by atoms with Gasteiger partial charge >= 0.3 is 0 Å². The van der Waals surface area contributed by atoms with Crippen LogP contribution >= 0.6 is 0 Å². The largest absolute Gasteiger partial charge is 0.349 e. The molecule has 2 N–H and O–H groups in total. The molecule has 0 aromatic heterocycles. The second-order valence-electron chi connectivity index (χ2n) is 7.05. The molecule has 0 unspecified atom stereocenters. The van der Waals surface area contributed by atoms with Crippen molar-refractivity contribution in [1.82, 2.24) is 10.6 Å². The van der Waals surface area contributed by atoms with Gasteiger partial charge in [0.1, 0.15) is 0 Å². The zero-order valence-corrected chi connectivity index (χ0v) is 15.6. The molecule has 3 rings (SSSR count). The van der Waals surface area contributed by atoms with Gasteiger partial charge in [0.05, 0.1) is 12.1 Å². The van der Waals surface area contributed by atoms with Gasteiger partial charge in [-0.2, -0.15) is 0 Å². The van der Waals surface area contributed by atoms with E-state index in [1.807, 2.05) is 60.7 Å². The third kappa shape index (κ3) is 5.30. The fraction of sp³-hybridized carbons (Fsp3) is 0.304. The molecule has 0 bridgehead atoms. The minimum Gasteiger partial charge on any atom is -0.349 e. The van der Waals surface area contributed by atoms with Gasteiger partial charge in [0, 0.05) is 12.3 Å².